The van der Waals surface area contributed by atoms with E-state index in [-0.39, 0.29) is 0 Å². The van der Waals surface area contributed by atoms with Gasteiger partial charge in [0.15, 0.2) is 0 Å². The third-order valence-corrected chi connectivity index (χ3v) is 4.21. The van der Waals surface area contributed by atoms with E-state index in [1.165, 1.54) is 0 Å². The Balaban J connectivity index is 2.14. The molecule has 1 saturated heterocycles. The van der Waals surface area contributed by atoms with Crippen LogP contribution in [0.15, 0.2) is 27.6 Å². The minimum absolute atomic E-state index is 0.302. The number of rotatable bonds is 3. The van der Waals surface area contributed by atoms with Crippen LogP contribution < -0.4 is 0 Å². The van der Waals surface area contributed by atoms with Crippen LogP contribution in [0.5, 0.6) is 0 Å². The van der Waals surface area contributed by atoms with Gasteiger partial charge in [0.1, 0.15) is 0 Å². The second kappa shape index (κ2) is 4.55. The molecule has 0 saturated carbocycles. The van der Waals surface area contributed by atoms with Crippen molar-refractivity contribution in [2.75, 3.05) is 13.2 Å². The quantitative estimate of drug-likeness (QED) is 0.929. The fraction of sp³-hybridized carbons (Fsp3) is 0.300. The van der Waals surface area contributed by atoms with Crippen LogP contribution in [0.2, 0.25) is 0 Å². The molecule has 0 bridgehead atoms. The van der Waals surface area contributed by atoms with Crippen molar-refractivity contribution in [2.24, 2.45) is 0 Å². The topological polar surface area (TPSA) is 46.5 Å². The van der Waals surface area contributed by atoms with Crippen LogP contribution in [-0.2, 0) is 4.74 Å². The number of ether oxygens (including phenoxy) is 1. The van der Waals surface area contributed by atoms with E-state index in [0.29, 0.717) is 10.8 Å². The molecule has 1 aromatic rings. The van der Waals surface area contributed by atoms with Crippen molar-refractivity contribution in [3.05, 3.63) is 28.2 Å². The number of hydrogen-bond acceptors (Lipinski definition) is 3. The molecular weight excluding hydrogens is 280 g/mol. The molecular formula is C10H9BrO3S. The molecule has 1 fully saturated rings. The Morgan fingerprint density at radius 2 is 2.27 bits per heavy atom. The monoisotopic (exact) mass is 288 g/mol. The van der Waals surface area contributed by atoms with Crippen LogP contribution in [0.25, 0.3) is 0 Å². The molecule has 15 heavy (non-hydrogen) atoms. The van der Waals surface area contributed by atoms with E-state index in [1.807, 2.05) is 6.07 Å². The maximum Gasteiger partial charge on any atom is 0.335 e. The fourth-order valence-electron chi connectivity index (χ4n) is 1.19. The van der Waals surface area contributed by atoms with Gasteiger partial charge in [0.05, 0.1) is 24.0 Å². The molecule has 0 atom stereocenters. The molecule has 3 nitrogen and oxygen atoms in total. The summed E-state index contributed by atoms with van der Waals surface area (Å²) in [4.78, 5) is 11.8. The summed E-state index contributed by atoms with van der Waals surface area (Å²) in [6.07, 6.45) is 0. The van der Waals surface area contributed by atoms with Gasteiger partial charge in [-0.2, -0.15) is 0 Å². The molecule has 1 heterocycles. The first kappa shape index (κ1) is 11.0. The molecule has 0 unspecified atom stereocenters. The highest BCUT2D eigenvalue weighted by atomic mass is 79.9. The molecule has 1 N–H and O–H groups in total. The van der Waals surface area contributed by atoms with Crippen LogP contribution in [0.3, 0.4) is 0 Å². The summed E-state index contributed by atoms with van der Waals surface area (Å²) in [5.41, 5.74) is 0.302. The number of hydrogen-bond donors (Lipinski definition) is 1. The number of carboxylic acids is 1. The number of halogens is 1. The average molecular weight is 289 g/mol. The zero-order valence-electron chi connectivity index (χ0n) is 7.77. The second-order valence-electron chi connectivity index (χ2n) is 3.23. The SMILES string of the molecule is O=C(O)c1ccc(SC2COC2)c(Br)c1. The molecule has 2 rings (SSSR count). The van der Waals surface area contributed by atoms with E-state index in [0.717, 1.165) is 22.6 Å². The van der Waals surface area contributed by atoms with Crippen molar-refractivity contribution < 1.29 is 14.6 Å². The van der Waals surface area contributed by atoms with E-state index in [2.05, 4.69) is 15.9 Å². The van der Waals surface area contributed by atoms with Gasteiger partial charge in [-0.1, -0.05) is 0 Å². The highest BCUT2D eigenvalue weighted by Crippen LogP contribution is 2.33. The third-order valence-electron chi connectivity index (χ3n) is 2.08. The molecule has 0 aromatic heterocycles. The first-order valence-corrected chi connectivity index (χ1v) is 6.11. The van der Waals surface area contributed by atoms with Crippen molar-refractivity contribution in [2.45, 2.75) is 10.1 Å². The van der Waals surface area contributed by atoms with Crippen molar-refractivity contribution in [1.29, 1.82) is 0 Å². The normalized spacial score (nSPS) is 16.1. The van der Waals surface area contributed by atoms with Gasteiger partial charge < -0.3 is 9.84 Å². The van der Waals surface area contributed by atoms with E-state index < -0.39 is 5.97 Å². The van der Waals surface area contributed by atoms with Gasteiger partial charge in [0.2, 0.25) is 0 Å². The van der Waals surface area contributed by atoms with Gasteiger partial charge in [-0.25, -0.2) is 4.79 Å². The molecule has 0 amide bonds. The first-order valence-electron chi connectivity index (χ1n) is 4.44. The second-order valence-corrected chi connectivity index (χ2v) is 5.42. The molecule has 5 heteroatoms. The average Bonchev–Trinajstić information content (AvgIpc) is 2.12. The first-order chi connectivity index (χ1) is 7.16. The lowest BCUT2D eigenvalue weighted by Gasteiger charge is -2.25. The lowest BCUT2D eigenvalue weighted by atomic mass is 10.2. The Labute approximate surface area is 99.9 Å². The van der Waals surface area contributed by atoms with Gasteiger partial charge in [-0.3, -0.25) is 0 Å². The van der Waals surface area contributed by atoms with Crippen molar-refractivity contribution in [3.63, 3.8) is 0 Å². The molecule has 0 spiro atoms. The highest BCUT2D eigenvalue weighted by molar-refractivity contribution is 9.10. The molecule has 80 valence electrons. The smallest absolute Gasteiger partial charge is 0.335 e. The summed E-state index contributed by atoms with van der Waals surface area (Å²) < 4.78 is 5.91. The number of benzene rings is 1. The van der Waals surface area contributed by atoms with Gasteiger partial charge in [-0.15, -0.1) is 11.8 Å². The Hall–Kier alpha value is -0.520. The third kappa shape index (κ3) is 2.53. The Morgan fingerprint density at radius 1 is 1.53 bits per heavy atom. The maximum absolute atomic E-state index is 10.7. The van der Waals surface area contributed by atoms with Crippen molar-refractivity contribution in [3.8, 4) is 0 Å². The van der Waals surface area contributed by atoms with E-state index in [4.69, 9.17) is 9.84 Å². The minimum atomic E-state index is -0.903. The summed E-state index contributed by atoms with van der Waals surface area (Å²) in [5, 5.41) is 9.29. The van der Waals surface area contributed by atoms with Crippen molar-refractivity contribution >= 4 is 33.7 Å². The minimum Gasteiger partial charge on any atom is -0.478 e. The number of carbonyl (C=O) groups is 1. The Morgan fingerprint density at radius 3 is 2.73 bits per heavy atom. The molecule has 1 aromatic carbocycles. The van der Waals surface area contributed by atoms with E-state index >= 15 is 0 Å². The largest absolute Gasteiger partial charge is 0.478 e. The summed E-state index contributed by atoms with van der Waals surface area (Å²) in [6, 6.07) is 5.08. The van der Waals surface area contributed by atoms with Crippen molar-refractivity contribution in [1.82, 2.24) is 0 Å². The Kier molecular flexibility index (Phi) is 3.33. The number of thioether (sulfide) groups is 1. The van der Waals surface area contributed by atoms with Crippen LogP contribution in [0.4, 0.5) is 0 Å². The summed E-state index contributed by atoms with van der Waals surface area (Å²) in [5.74, 6) is -0.903. The van der Waals surface area contributed by atoms with Crippen LogP contribution in [0, 0.1) is 0 Å². The fourth-order valence-corrected chi connectivity index (χ4v) is 2.86. The van der Waals surface area contributed by atoms with Gasteiger partial charge >= 0.3 is 5.97 Å². The predicted octanol–water partition coefficient (Wildman–Crippen LogP) is 2.64. The summed E-state index contributed by atoms with van der Waals surface area (Å²) in [7, 11) is 0. The summed E-state index contributed by atoms with van der Waals surface area (Å²) >= 11 is 5.08. The lowest BCUT2D eigenvalue weighted by molar-refractivity contribution is 0.0455. The molecule has 1 aliphatic rings. The van der Waals surface area contributed by atoms with Crippen LogP contribution in [-0.4, -0.2) is 29.5 Å². The zero-order chi connectivity index (χ0) is 10.8. The summed E-state index contributed by atoms with van der Waals surface area (Å²) in [6.45, 7) is 1.55. The van der Waals surface area contributed by atoms with Gasteiger partial charge in [-0.05, 0) is 34.1 Å². The van der Waals surface area contributed by atoms with Crippen LogP contribution in [0.1, 0.15) is 10.4 Å². The van der Waals surface area contributed by atoms with Gasteiger partial charge in [0.25, 0.3) is 0 Å². The van der Waals surface area contributed by atoms with Crippen LogP contribution >= 0.6 is 27.7 Å². The maximum atomic E-state index is 10.7. The predicted molar refractivity (Wildman–Crippen MR) is 61.6 cm³/mol. The molecule has 0 aliphatic carbocycles. The van der Waals surface area contributed by atoms with Gasteiger partial charge in [0, 0.05) is 9.37 Å². The molecule has 1 aliphatic heterocycles. The van der Waals surface area contributed by atoms with E-state index in [9.17, 15) is 4.79 Å². The standard InChI is InChI=1S/C10H9BrO3S/c11-8-3-6(10(12)13)1-2-9(8)15-7-4-14-5-7/h1-3,7H,4-5H2,(H,12,13). The highest BCUT2D eigenvalue weighted by Gasteiger charge is 2.20. The van der Waals surface area contributed by atoms with E-state index in [1.54, 1.807) is 23.9 Å². The number of aromatic carboxylic acids is 1. The molecule has 0 radical (unpaired) electrons. The number of carboxylic acid groups (broad SMARTS) is 1. The zero-order valence-corrected chi connectivity index (χ0v) is 10.2. The lowest BCUT2D eigenvalue weighted by Crippen LogP contribution is -2.30. The Bertz CT molecular complexity index is 390.